The SMILES string of the molecule is C[C@H](CCC(=O)NCCS(=O)(=O)O)[C@H]1CC[C@@H]2C3[C@@H](CC[C@@]21C)[C@@]1(C)CC[C@H](NC(=O)CCCC(=O)N[C@H]2CC[C@@]4(C)C(C2)C[C@H](O)C2[C@H]5CC[C@H]([C@H](C)CCC(=O)NCCS(=O)(=O)O)[C@@]5(C)CC[C@H]24)CC1C[C@@H]3O. The van der Waals surface area contributed by atoms with Crippen LogP contribution in [0, 0.1) is 92.7 Å². The van der Waals surface area contributed by atoms with Crippen LogP contribution in [0.3, 0.4) is 0 Å². The molecule has 20 atom stereocenters. The van der Waals surface area contributed by atoms with E-state index in [1.54, 1.807) is 0 Å². The molecule has 8 aliphatic carbocycles. The lowest BCUT2D eigenvalue weighted by Gasteiger charge is -2.62. The number of carbonyl (C=O) groups is 4. The van der Waals surface area contributed by atoms with E-state index in [2.05, 4.69) is 62.8 Å². The molecular weight excluding hydrogens is 997 g/mol. The predicted octanol–water partition coefficient (Wildman–Crippen LogP) is 7.23. The topological polar surface area (TPSA) is 266 Å². The lowest BCUT2D eigenvalue weighted by molar-refractivity contribution is -0.167. The van der Waals surface area contributed by atoms with E-state index < -0.39 is 31.7 Å². The van der Waals surface area contributed by atoms with Crippen LogP contribution in [0.2, 0.25) is 0 Å². The molecule has 0 aliphatic heterocycles. The number of rotatable bonds is 20. The first-order chi connectivity index (χ1) is 35.1. The Morgan fingerprint density at radius 3 is 1.23 bits per heavy atom. The van der Waals surface area contributed by atoms with E-state index in [9.17, 15) is 46.2 Å². The van der Waals surface area contributed by atoms with Gasteiger partial charge in [0.25, 0.3) is 20.2 Å². The quantitative estimate of drug-likeness (QED) is 0.0562. The summed E-state index contributed by atoms with van der Waals surface area (Å²) in [6.45, 7) is 14.0. The molecule has 0 saturated heterocycles. The standard InChI is InChI=1S/C57H96N4O12S2/c1-34(10-16-48(64)58-26-28-74(68,69)70)40-12-14-42-52-44(20-24-56(40,42)5)54(3)22-18-38(30-36(54)32-46(52)62)60-50(66)8-7-9-51(67)61-39-19-23-55(4)37(31-39)33-47(63)53-43-15-13-41(57(43,6)25-21-45(53)55)35(2)11-17-49(65)59-27-29-75(71,72)73/h34-47,52-53,62-63H,7-33H2,1-6H3,(H,58,64)(H,59,65)(H,60,66)(H,61,67)(H,68,69,70)(H,71,72,73)/t34-,35-,36?,37?,38+,39+,40-,41-,42-,43-,44-,45-,46+,47+,52?,53?,54+,55+,56-,57-/m1/s1. The molecule has 4 unspecified atom stereocenters. The normalized spacial score (nSPS) is 42.0. The summed E-state index contributed by atoms with van der Waals surface area (Å²) >= 11 is 0. The Balaban J connectivity index is 0.748. The van der Waals surface area contributed by atoms with Gasteiger partial charge in [-0.05, 0) is 215 Å². The molecule has 0 bridgehead atoms. The fraction of sp³-hybridized carbons (Fsp3) is 0.930. The molecule has 0 aromatic heterocycles. The average Bonchev–Trinajstić information content (AvgIpc) is 3.87. The zero-order chi connectivity index (χ0) is 54.5. The third-order valence-corrected chi connectivity index (χ3v) is 24.9. The van der Waals surface area contributed by atoms with Gasteiger partial charge in [-0.3, -0.25) is 28.3 Å². The van der Waals surface area contributed by atoms with E-state index in [0.29, 0.717) is 104 Å². The number of hydrogen-bond acceptors (Lipinski definition) is 10. The van der Waals surface area contributed by atoms with Gasteiger partial charge in [-0.1, -0.05) is 41.5 Å². The maximum atomic E-state index is 13.4. The van der Waals surface area contributed by atoms with Crippen molar-refractivity contribution in [1.82, 2.24) is 21.3 Å². The highest BCUT2D eigenvalue weighted by Gasteiger charge is 2.65. The Labute approximate surface area is 449 Å². The molecule has 428 valence electrons. The van der Waals surface area contributed by atoms with Crippen molar-refractivity contribution in [3.8, 4) is 0 Å². The fourth-order valence-corrected chi connectivity index (χ4v) is 20.3. The molecule has 8 N–H and O–H groups in total. The van der Waals surface area contributed by atoms with Crippen LogP contribution < -0.4 is 21.3 Å². The molecule has 0 aromatic rings. The number of nitrogens with one attached hydrogen (secondary N) is 4. The second kappa shape index (κ2) is 23.0. The summed E-state index contributed by atoms with van der Waals surface area (Å²) in [5, 5.41) is 35.9. The van der Waals surface area contributed by atoms with Gasteiger partial charge in [-0.15, -0.1) is 0 Å². The third-order valence-electron chi connectivity index (χ3n) is 23.4. The number of aliphatic hydroxyl groups is 2. The first-order valence-electron chi connectivity index (χ1n) is 29.5. The monoisotopic (exact) mass is 1090 g/mol. The van der Waals surface area contributed by atoms with Gasteiger partial charge in [-0.2, -0.15) is 16.8 Å². The molecule has 0 spiro atoms. The summed E-state index contributed by atoms with van der Waals surface area (Å²) < 4.78 is 62.2. The minimum absolute atomic E-state index is 0.00882. The van der Waals surface area contributed by atoms with Crippen molar-refractivity contribution < 1.29 is 55.3 Å². The third kappa shape index (κ3) is 12.7. The van der Waals surface area contributed by atoms with Gasteiger partial charge in [0.15, 0.2) is 0 Å². The van der Waals surface area contributed by atoms with Crippen molar-refractivity contribution in [3.05, 3.63) is 0 Å². The number of carbonyl (C=O) groups excluding carboxylic acids is 4. The van der Waals surface area contributed by atoms with Gasteiger partial charge in [0.1, 0.15) is 0 Å². The van der Waals surface area contributed by atoms with Crippen molar-refractivity contribution in [2.45, 2.75) is 214 Å². The summed E-state index contributed by atoms with van der Waals surface area (Å²) in [4.78, 5) is 51.8. The van der Waals surface area contributed by atoms with Crippen LogP contribution in [-0.4, -0.2) is 109 Å². The summed E-state index contributed by atoms with van der Waals surface area (Å²) in [6, 6.07) is 0.118. The molecule has 75 heavy (non-hydrogen) atoms. The number of fused-ring (bicyclic) bond motifs is 10. The van der Waals surface area contributed by atoms with Gasteiger partial charge in [0, 0.05) is 50.9 Å². The number of hydrogen-bond donors (Lipinski definition) is 8. The molecule has 16 nitrogen and oxygen atoms in total. The highest BCUT2D eigenvalue weighted by Crippen LogP contribution is 2.70. The van der Waals surface area contributed by atoms with Gasteiger partial charge in [-0.25, -0.2) is 0 Å². The van der Waals surface area contributed by atoms with Crippen LogP contribution in [0.5, 0.6) is 0 Å². The van der Waals surface area contributed by atoms with Gasteiger partial charge < -0.3 is 31.5 Å². The van der Waals surface area contributed by atoms with Crippen molar-refractivity contribution in [3.63, 3.8) is 0 Å². The van der Waals surface area contributed by atoms with Crippen molar-refractivity contribution in [2.75, 3.05) is 24.6 Å². The smallest absolute Gasteiger partial charge is 0.266 e. The van der Waals surface area contributed by atoms with Crippen LogP contribution in [0.1, 0.15) is 189 Å². The van der Waals surface area contributed by atoms with Crippen LogP contribution >= 0.6 is 0 Å². The van der Waals surface area contributed by atoms with E-state index >= 15 is 0 Å². The van der Waals surface area contributed by atoms with Gasteiger partial charge >= 0.3 is 0 Å². The van der Waals surface area contributed by atoms with Crippen molar-refractivity contribution >= 4 is 43.9 Å². The fourth-order valence-electron chi connectivity index (χ4n) is 19.6. The van der Waals surface area contributed by atoms with Crippen molar-refractivity contribution in [1.29, 1.82) is 0 Å². The average molecular weight is 1090 g/mol. The summed E-state index contributed by atoms with van der Waals surface area (Å²) in [5.41, 5.74) is 0.377. The van der Waals surface area contributed by atoms with E-state index in [1.807, 2.05) is 0 Å². The Hall–Kier alpha value is -2.38. The Morgan fingerprint density at radius 1 is 0.493 bits per heavy atom. The second-order valence-corrected chi connectivity index (χ2v) is 30.4. The minimum atomic E-state index is -4.12. The summed E-state index contributed by atoms with van der Waals surface area (Å²) in [7, 11) is -8.25. The van der Waals surface area contributed by atoms with E-state index in [4.69, 9.17) is 9.11 Å². The van der Waals surface area contributed by atoms with E-state index in [-0.39, 0.29) is 94.5 Å². The van der Waals surface area contributed by atoms with Crippen molar-refractivity contribution in [2.24, 2.45) is 92.7 Å². The molecule has 8 aliphatic rings. The summed E-state index contributed by atoms with van der Waals surface area (Å²) in [5.74, 6) is 2.96. The molecule has 8 rings (SSSR count). The second-order valence-electron chi connectivity index (χ2n) is 27.3. The highest BCUT2D eigenvalue weighted by atomic mass is 32.2. The highest BCUT2D eigenvalue weighted by molar-refractivity contribution is 7.86. The molecule has 0 radical (unpaired) electrons. The Kier molecular flexibility index (Phi) is 18.0. The maximum absolute atomic E-state index is 13.4. The van der Waals surface area contributed by atoms with Gasteiger partial charge in [0.2, 0.25) is 23.6 Å². The first kappa shape index (κ1) is 58.8. The van der Waals surface area contributed by atoms with E-state index in [0.717, 1.165) is 103 Å². The zero-order valence-electron chi connectivity index (χ0n) is 46.2. The van der Waals surface area contributed by atoms with Crippen LogP contribution in [-0.2, 0) is 39.4 Å². The molecule has 4 amide bonds. The van der Waals surface area contributed by atoms with E-state index in [1.165, 1.54) is 0 Å². The lowest BCUT2D eigenvalue weighted by Crippen LogP contribution is -2.59. The molecule has 0 heterocycles. The molecule has 0 aromatic carbocycles. The molecule has 8 saturated carbocycles. The largest absolute Gasteiger partial charge is 0.393 e. The zero-order valence-corrected chi connectivity index (χ0v) is 47.8. The minimum Gasteiger partial charge on any atom is -0.393 e. The number of amides is 4. The van der Waals surface area contributed by atoms with Crippen LogP contribution in [0.4, 0.5) is 0 Å². The number of aliphatic hydroxyl groups excluding tert-OH is 2. The Morgan fingerprint density at radius 2 is 0.853 bits per heavy atom. The maximum Gasteiger partial charge on any atom is 0.266 e. The Bertz CT molecular complexity index is 2150. The first-order valence-corrected chi connectivity index (χ1v) is 32.8. The molecule has 8 fully saturated rings. The molecular formula is C57H96N4O12S2. The lowest BCUT2D eigenvalue weighted by atomic mass is 9.43. The molecule has 18 heteroatoms. The predicted molar refractivity (Wildman–Crippen MR) is 287 cm³/mol. The van der Waals surface area contributed by atoms with Gasteiger partial charge in [0.05, 0.1) is 23.7 Å². The summed E-state index contributed by atoms with van der Waals surface area (Å²) in [6.07, 6.45) is 18.2. The van der Waals surface area contributed by atoms with Crippen LogP contribution in [0.25, 0.3) is 0 Å². The van der Waals surface area contributed by atoms with Crippen LogP contribution in [0.15, 0.2) is 0 Å².